The van der Waals surface area contributed by atoms with Crippen LogP contribution in [-0.2, 0) is 19.2 Å². The molecule has 0 unspecified atom stereocenters. The van der Waals surface area contributed by atoms with Crippen molar-refractivity contribution in [3.05, 3.63) is 46.4 Å². The Hall–Kier alpha value is -3.10. The third-order valence-electron chi connectivity index (χ3n) is 2.39. The van der Waals surface area contributed by atoms with Crippen LogP contribution in [0.1, 0.15) is 0 Å². The number of carbonyl (C=O) groups is 4. The molecule has 0 saturated heterocycles. The maximum atomic E-state index is 11.1. The average Bonchev–Trinajstić information content (AvgIpc) is 2.80. The molecular formula is C12H8BO8. The number of carboxylic acids is 4. The molecule has 4 N–H and O–H groups in total. The molecule has 1 heterocycles. The Balaban J connectivity index is 3.51. The first-order valence-corrected chi connectivity index (χ1v) is 5.36. The maximum absolute atomic E-state index is 11.1. The molecule has 0 aromatic rings. The highest BCUT2D eigenvalue weighted by Gasteiger charge is 2.25. The number of rotatable bonds is 6. The summed E-state index contributed by atoms with van der Waals surface area (Å²) in [6.45, 7) is 0. The van der Waals surface area contributed by atoms with Gasteiger partial charge < -0.3 is 20.4 Å². The molecule has 1 rings (SSSR count). The summed E-state index contributed by atoms with van der Waals surface area (Å²) in [5.74, 6) is -4.92. The molecule has 1 aliphatic rings. The predicted octanol–water partition coefficient (Wildman–Crippen LogP) is -0.337. The summed E-state index contributed by atoms with van der Waals surface area (Å²) in [4.78, 5) is 43.4. The Morgan fingerprint density at radius 2 is 1.33 bits per heavy atom. The van der Waals surface area contributed by atoms with Crippen molar-refractivity contribution in [3.8, 4) is 0 Å². The van der Waals surface area contributed by atoms with Gasteiger partial charge in [0.05, 0.1) is 11.1 Å². The topological polar surface area (TPSA) is 149 Å². The number of hydrogen-bond donors (Lipinski definition) is 4. The number of allylic oxidation sites excluding steroid dienone is 1. The lowest BCUT2D eigenvalue weighted by Gasteiger charge is -2.08. The van der Waals surface area contributed by atoms with Crippen LogP contribution >= 0.6 is 0 Å². The lowest BCUT2D eigenvalue weighted by molar-refractivity contribution is -0.135. The maximum Gasteiger partial charge on any atom is 0.336 e. The first-order valence-electron chi connectivity index (χ1n) is 5.36. The van der Waals surface area contributed by atoms with Crippen molar-refractivity contribution >= 4 is 31.2 Å². The quantitative estimate of drug-likeness (QED) is 0.383. The minimum absolute atomic E-state index is 0.195. The van der Waals surface area contributed by atoms with Crippen molar-refractivity contribution in [1.29, 1.82) is 0 Å². The Kier molecular flexibility index (Phi) is 4.84. The zero-order valence-corrected chi connectivity index (χ0v) is 10.3. The van der Waals surface area contributed by atoms with Crippen molar-refractivity contribution < 1.29 is 39.6 Å². The smallest absolute Gasteiger partial charge is 0.336 e. The summed E-state index contributed by atoms with van der Waals surface area (Å²) in [5, 5.41) is 35.3. The Bertz CT molecular complexity index is 650. The Morgan fingerprint density at radius 3 is 1.76 bits per heavy atom. The van der Waals surface area contributed by atoms with Gasteiger partial charge in [0.15, 0.2) is 7.28 Å². The van der Waals surface area contributed by atoms with Gasteiger partial charge in [-0.05, 0) is 5.57 Å². The highest BCUT2D eigenvalue weighted by molar-refractivity contribution is 6.56. The first-order chi connectivity index (χ1) is 9.73. The summed E-state index contributed by atoms with van der Waals surface area (Å²) in [7, 11) is 1.19. The van der Waals surface area contributed by atoms with Crippen molar-refractivity contribution in [2.24, 2.45) is 0 Å². The number of aliphatic carboxylic acids is 4. The van der Waals surface area contributed by atoms with Crippen LogP contribution in [0.25, 0.3) is 0 Å². The Labute approximate surface area is 118 Å². The Morgan fingerprint density at radius 1 is 0.857 bits per heavy atom. The molecule has 107 valence electrons. The van der Waals surface area contributed by atoms with E-state index in [2.05, 4.69) is 0 Å². The molecular weight excluding hydrogens is 283 g/mol. The fraction of sp³-hybridized carbons (Fsp3) is 0. The molecule has 1 aliphatic heterocycles. The van der Waals surface area contributed by atoms with E-state index in [-0.39, 0.29) is 11.0 Å². The standard InChI is InChI=1S/C12H8BO8/c14-8(15)3-6(11(18)19)5-1-2-13-10(5)7(12(20)21)4-9(16)17/h1-4H,(H,14,15)(H,16,17)(H,18,19)(H,20,21)/b6-3-,7-4-. The van der Waals surface area contributed by atoms with Gasteiger partial charge in [-0.25, -0.2) is 19.2 Å². The van der Waals surface area contributed by atoms with Crippen LogP contribution in [0.2, 0.25) is 0 Å². The molecule has 9 heteroatoms. The SMILES string of the molecule is O=C(O)/C=C(\C(=O)O)C1=C(/C(=C/C(=O)O)C(=O)O)C=C[B]1. The minimum Gasteiger partial charge on any atom is -0.478 e. The van der Waals surface area contributed by atoms with E-state index in [0.29, 0.717) is 12.2 Å². The highest BCUT2D eigenvalue weighted by Crippen LogP contribution is 2.26. The van der Waals surface area contributed by atoms with Crippen LogP contribution in [0.3, 0.4) is 0 Å². The number of hydrogen-bond acceptors (Lipinski definition) is 4. The van der Waals surface area contributed by atoms with Crippen LogP contribution in [0.15, 0.2) is 46.4 Å². The van der Waals surface area contributed by atoms with Crippen LogP contribution in [0, 0.1) is 0 Å². The summed E-state index contributed by atoms with van der Waals surface area (Å²) in [6, 6.07) is 0. The molecule has 0 fully saturated rings. The second kappa shape index (κ2) is 6.37. The second-order valence-corrected chi connectivity index (χ2v) is 3.76. The van der Waals surface area contributed by atoms with Crippen molar-refractivity contribution in [2.75, 3.05) is 0 Å². The molecule has 8 nitrogen and oxygen atoms in total. The molecule has 1 radical (unpaired) electrons. The summed E-state index contributed by atoms with van der Waals surface area (Å²) in [6.07, 6.45) is 2.00. The van der Waals surface area contributed by atoms with E-state index in [1.807, 2.05) is 0 Å². The fourth-order valence-electron chi connectivity index (χ4n) is 1.65. The zero-order valence-electron chi connectivity index (χ0n) is 10.3. The van der Waals surface area contributed by atoms with Gasteiger partial charge >= 0.3 is 23.9 Å². The average molecular weight is 291 g/mol. The molecule has 21 heavy (non-hydrogen) atoms. The second-order valence-electron chi connectivity index (χ2n) is 3.76. The zero-order chi connectivity index (χ0) is 16.2. The molecule has 0 amide bonds. The van der Waals surface area contributed by atoms with Crippen molar-refractivity contribution in [2.45, 2.75) is 0 Å². The van der Waals surface area contributed by atoms with Gasteiger partial charge in [-0.3, -0.25) is 0 Å². The third kappa shape index (κ3) is 3.93. The van der Waals surface area contributed by atoms with E-state index >= 15 is 0 Å². The van der Waals surface area contributed by atoms with Gasteiger partial charge in [0.2, 0.25) is 0 Å². The fourth-order valence-corrected chi connectivity index (χ4v) is 1.65. The highest BCUT2D eigenvalue weighted by atomic mass is 16.4. The third-order valence-corrected chi connectivity index (χ3v) is 2.39. The monoisotopic (exact) mass is 291 g/mol. The van der Waals surface area contributed by atoms with Gasteiger partial charge in [-0.2, -0.15) is 0 Å². The van der Waals surface area contributed by atoms with E-state index in [9.17, 15) is 19.2 Å². The van der Waals surface area contributed by atoms with Gasteiger partial charge in [-0.1, -0.05) is 11.5 Å². The molecule has 0 spiro atoms. The minimum atomic E-state index is -1.58. The van der Waals surface area contributed by atoms with Gasteiger partial charge in [-0.15, -0.1) is 5.98 Å². The van der Waals surface area contributed by atoms with E-state index in [4.69, 9.17) is 20.4 Å². The lowest BCUT2D eigenvalue weighted by atomic mass is 9.68. The predicted molar refractivity (Wildman–Crippen MR) is 68.6 cm³/mol. The lowest BCUT2D eigenvalue weighted by Crippen LogP contribution is -2.13. The first kappa shape index (κ1) is 16.0. The van der Waals surface area contributed by atoms with Crippen molar-refractivity contribution in [3.63, 3.8) is 0 Å². The van der Waals surface area contributed by atoms with Crippen LogP contribution < -0.4 is 0 Å². The van der Waals surface area contributed by atoms with E-state index in [0.717, 1.165) is 0 Å². The molecule has 0 atom stereocenters. The summed E-state index contributed by atoms with van der Waals surface area (Å²) >= 11 is 0. The van der Waals surface area contributed by atoms with Crippen LogP contribution in [0.4, 0.5) is 0 Å². The summed E-state index contributed by atoms with van der Waals surface area (Å²) in [5.41, 5.74) is -1.69. The molecule has 0 bridgehead atoms. The van der Waals surface area contributed by atoms with Crippen LogP contribution in [0.5, 0.6) is 0 Å². The van der Waals surface area contributed by atoms with Gasteiger partial charge in [0.1, 0.15) is 0 Å². The molecule has 0 aliphatic carbocycles. The largest absolute Gasteiger partial charge is 0.478 e. The van der Waals surface area contributed by atoms with E-state index < -0.39 is 35.0 Å². The van der Waals surface area contributed by atoms with Gasteiger partial charge in [0.25, 0.3) is 0 Å². The van der Waals surface area contributed by atoms with E-state index in [1.165, 1.54) is 19.3 Å². The van der Waals surface area contributed by atoms with Crippen LogP contribution in [-0.4, -0.2) is 51.6 Å². The summed E-state index contributed by atoms with van der Waals surface area (Å²) < 4.78 is 0. The van der Waals surface area contributed by atoms with Gasteiger partial charge in [0, 0.05) is 12.2 Å². The molecule has 0 saturated carbocycles. The molecule has 0 aromatic heterocycles. The van der Waals surface area contributed by atoms with E-state index in [1.54, 1.807) is 0 Å². The molecule has 0 aromatic carbocycles. The number of carboxylic acid groups (broad SMARTS) is 4. The normalized spacial score (nSPS) is 14.9. The van der Waals surface area contributed by atoms with Crippen molar-refractivity contribution in [1.82, 2.24) is 0 Å².